The van der Waals surface area contributed by atoms with E-state index in [1.54, 1.807) is 11.3 Å². The highest BCUT2D eigenvalue weighted by Gasteiger charge is 2.06. The molecule has 0 saturated heterocycles. The van der Waals surface area contributed by atoms with Crippen LogP contribution in [0.1, 0.15) is 4.88 Å². The minimum Gasteiger partial charge on any atom is -0.391 e. The third-order valence-electron chi connectivity index (χ3n) is 2.02. The van der Waals surface area contributed by atoms with Gasteiger partial charge >= 0.3 is 0 Å². The number of thiophene rings is 1. The molecule has 4 heteroatoms. The van der Waals surface area contributed by atoms with Crippen molar-refractivity contribution in [2.75, 3.05) is 25.5 Å². The smallest absolute Gasteiger partial charge is 0.0763 e. The topological polar surface area (TPSA) is 23.5 Å². The van der Waals surface area contributed by atoms with Crippen molar-refractivity contribution in [2.24, 2.45) is 0 Å². The molecule has 14 heavy (non-hydrogen) atoms. The maximum Gasteiger partial charge on any atom is 0.0763 e. The largest absolute Gasteiger partial charge is 0.391 e. The van der Waals surface area contributed by atoms with Gasteiger partial charge in [-0.2, -0.15) is 0 Å². The number of alkyl halides is 1. The van der Waals surface area contributed by atoms with Crippen LogP contribution in [0.5, 0.6) is 0 Å². The Morgan fingerprint density at radius 3 is 3.00 bits per heavy atom. The second-order valence-corrected chi connectivity index (χ2v) is 5.08. The molecule has 1 unspecified atom stereocenters. The van der Waals surface area contributed by atoms with Crippen LogP contribution in [0.4, 0.5) is 0 Å². The first kappa shape index (κ1) is 12.2. The Balaban J connectivity index is 2.18. The summed E-state index contributed by atoms with van der Waals surface area (Å²) >= 11 is 5.05. The second kappa shape index (κ2) is 6.56. The fourth-order valence-electron chi connectivity index (χ4n) is 1.26. The van der Waals surface area contributed by atoms with Gasteiger partial charge in [-0.05, 0) is 24.9 Å². The first-order valence-corrected chi connectivity index (χ1v) is 6.67. The summed E-state index contributed by atoms with van der Waals surface area (Å²) in [5.74, 6) is 0. The van der Waals surface area contributed by atoms with E-state index in [-0.39, 0.29) is 6.10 Å². The van der Waals surface area contributed by atoms with Gasteiger partial charge in [-0.15, -0.1) is 11.3 Å². The summed E-state index contributed by atoms with van der Waals surface area (Å²) in [6.45, 7) is 1.74. The summed E-state index contributed by atoms with van der Waals surface area (Å²) < 4.78 is 0. The molecule has 0 aliphatic heterocycles. The number of aliphatic hydroxyl groups excluding tert-OH is 1. The van der Waals surface area contributed by atoms with Crippen LogP contribution in [-0.4, -0.2) is 41.6 Å². The number of aliphatic hydroxyl groups is 1. The average Bonchev–Trinajstić information content (AvgIpc) is 2.67. The second-order valence-electron chi connectivity index (χ2n) is 3.40. The van der Waals surface area contributed by atoms with Crippen LogP contribution < -0.4 is 0 Å². The van der Waals surface area contributed by atoms with Crippen molar-refractivity contribution in [3.63, 3.8) is 0 Å². The molecule has 0 bridgehead atoms. The average molecular weight is 278 g/mol. The van der Waals surface area contributed by atoms with Gasteiger partial charge in [0.1, 0.15) is 0 Å². The zero-order valence-electron chi connectivity index (χ0n) is 8.32. The van der Waals surface area contributed by atoms with Gasteiger partial charge in [0.05, 0.1) is 6.10 Å². The van der Waals surface area contributed by atoms with Gasteiger partial charge in [0.15, 0.2) is 0 Å². The number of nitrogens with zero attached hydrogens (tertiary/aromatic N) is 1. The highest BCUT2D eigenvalue weighted by molar-refractivity contribution is 9.09. The van der Waals surface area contributed by atoms with Crippen LogP contribution >= 0.6 is 27.3 Å². The number of rotatable bonds is 6. The van der Waals surface area contributed by atoms with Crippen molar-refractivity contribution in [2.45, 2.75) is 12.5 Å². The Morgan fingerprint density at radius 2 is 2.43 bits per heavy atom. The minimum absolute atomic E-state index is 0.261. The van der Waals surface area contributed by atoms with Crippen molar-refractivity contribution in [3.05, 3.63) is 22.4 Å². The summed E-state index contributed by atoms with van der Waals surface area (Å²) in [5.41, 5.74) is 0. The molecule has 0 aromatic carbocycles. The summed E-state index contributed by atoms with van der Waals surface area (Å²) in [6.07, 6.45) is 0.812. The number of hydrogen-bond donors (Lipinski definition) is 1. The number of hydrogen-bond acceptors (Lipinski definition) is 3. The molecule has 0 radical (unpaired) electrons. The Hall–Kier alpha value is 0.1000. The van der Waals surface area contributed by atoms with Gasteiger partial charge in [-0.25, -0.2) is 0 Å². The van der Waals surface area contributed by atoms with Crippen molar-refractivity contribution in [1.29, 1.82) is 0 Å². The molecular formula is C10H16BrNOS. The van der Waals surface area contributed by atoms with E-state index in [9.17, 15) is 5.11 Å². The molecule has 0 saturated carbocycles. The van der Waals surface area contributed by atoms with E-state index < -0.39 is 0 Å². The predicted octanol–water partition coefficient (Wildman–Crippen LogP) is 1.98. The third kappa shape index (κ3) is 4.55. The van der Waals surface area contributed by atoms with Gasteiger partial charge in [0, 0.05) is 23.3 Å². The molecule has 1 aromatic rings. The van der Waals surface area contributed by atoms with E-state index in [1.807, 2.05) is 7.05 Å². The van der Waals surface area contributed by atoms with Crippen molar-refractivity contribution in [1.82, 2.24) is 4.90 Å². The van der Waals surface area contributed by atoms with Crippen LogP contribution in [0.2, 0.25) is 0 Å². The standard InChI is InChI=1S/C10H16BrNOS/c1-12(8-9(13)7-11)5-4-10-3-2-6-14-10/h2-3,6,9,13H,4-5,7-8H2,1H3. The van der Waals surface area contributed by atoms with E-state index in [2.05, 4.69) is 38.3 Å². The van der Waals surface area contributed by atoms with Gasteiger partial charge < -0.3 is 10.0 Å². The predicted molar refractivity (Wildman–Crippen MR) is 65.3 cm³/mol. The van der Waals surface area contributed by atoms with E-state index in [1.165, 1.54) is 4.88 Å². The molecule has 0 fully saturated rings. The molecule has 1 heterocycles. The van der Waals surface area contributed by atoms with Crippen LogP contribution in [0.25, 0.3) is 0 Å². The van der Waals surface area contributed by atoms with Gasteiger partial charge in [0.25, 0.3) is 0 Å². The Kier molecular flexibility index (Phi) is 5.70. The lowest BCUT2D eigenvalue weighted by atomic mass is 10.3. The van der Waals surface area contributed by atoms with E-state index >= 15 is 0 Å². The molecule has 2 nitrogen and oxygen atoms in total. The summed E-state index contributed by atoms with van der Waals surface area (Å²) in [6, 6.07) is 4.23. The maximum absolute atomic E-state index is 9.40. The molecule has 1 aromatic heterocycles. The summed E-state index contributed by atoms with van der Waals surface area (Å²) in [7, 11) is 2.04. The quantitative estimate of drug-likeness (QED) is 0.804. The Labute approximate surface area is 97.7 Å². The molecule has 0 aliphatic rings. The maximum atomic E-state index is 9.40. The fraction of sp³-hybridized carbons (Fsp3) is 0.600. The number of halogens is 1. The Bertz CT molecular complexity index is 240. The molecule has 0 aliphatic carbocycles. The molecule has 0 amide bonds. The molecule has 1 atom stereocenters. The van der Waals surface area contributed by atoms with Crippen LogP contribution in [-0.2, 0) is 6.42 Å². The fourth-order valence-corrected chi connectivity index (χ4v) is 2.16. The minimum atomic E-state index is -0.261. The van der Waals surface area contributed by atoms with Crippen molar-refractivity contribution < 1.29 is 5.11 Å². The Morgan fingerprint density at radius 1 is 1.64 bits per heavy atom. The lowest BCUT2D eigenvalue weighted by molar-refractivity contribution is 0.147. The first-order chi connectivity index (χ1) is 6.72. The summed E-state index contributed by atoms with van der Waals surface area (Å²) in [5, 5.41) is 12.1. The first-order valence-electron chi connectivity index (χ1n) is 4.67. The number of likely N-dealkylation sites (N-methyl/N-ethyl adjacent to an activating group) is 1. The zero-order chi connectivity index (χ0) is 10.4. The highest BCUT2D eigenvalue weighted by atomic mass is 79.9. The van der Waals surface area contributed by atoms with E-state index in [0.29, 0.717) is 5.33 Å². The van der Waals surface area contributed by atoms with Crippen LogP contribution in [0.3, 0.4) is 0 Å². The summed E-state index contributed by atoms with van der Waals surface area (Å²) in [4.78, 5) is 3.57. The van der Waals surface area contributed by atoms with Crippen LogP contribution in [0, 0.1) is 0 Å². The highest BCUT2D eigenvalue weighted by Crippen LogP contribution is 2.09. The SMILES string of the molecule is CN(CCc1cccs1)CC(O)CBr. The lowest BCUT2D eigenvalue weighted by Crippen LogP contribution is -2.31. The van der Waals surface area contributed by atoms with Gasteiger partial charge in [-0.3, -0.25) is 0 Å². The third-order valence-corrected chi connectivity index (χ3v) is 3.70. The molecular weight excluding hydrogens is 262 g/mol. The molecule has 0 spiro atoms. The molecule has 1 N–H and O–H groups in total. The van der Waals surface area contributed by atoms with Gasteiger partial charge in [0.2, 0.25) is 0 Å². The lowest BCUT2D eigenvalue weighted by Gasteiger charge is -2.18. The monoisotopic (exact) mass is 277 g/mol. The van der Waals surface area contributed by atoms with Crippen LogP contribution in [0.15, 0.2) is 17.5 Å². The molecule has 1 rings (SSSR count). The van der Waals surface area contributed by atoms with Crippen molar-refractivity contribution in [3.8, 4) is 0 Å². The van der Waals surface area contributed by atoms with E-state index in [4.69, 9.17) is 0 Å². The normalized spacial score (nSPS) is 13.4. The molecule has 80 valence electrons. The van der Waals surface area contributed by atoms with E-state index in [0.717, 1.165) is 19.5 Å². The van der Waals surface area contributed by atoms with Crippen molar-refractivity contribution >= 4 is 27.3 Å². The van der Waals surface area contributed by atoms with Gasteiger partial charge in [-0.1, -0.05) is 22.0 Å². The zero-order valence-corrected chi connectivity index (χ0v) is 10.7.